The first-order valence-corrected chi connectivity index (χ1v) is 11.4. The molecule has 4 nitrogen and oxygen atoms in total. The van der Waals surface area contributed by atoms with E-state index in [4.69, 9.17) is 5.73 Å². The van der Waals surface area contributed by atoms with E-state index in [1.54, 1.807) is 6.07 Å². The van der Waals surface area contributed by atoms with Crippen molar-refractivity contribution in [3.8, 4) is 0 Å². The lowest BCUT2D eigenvalue weighted by molar-refractivity contribution is 0.657. The van der Waals surface area contributed by atoms with E-state index in [0.717, 1.165) is 51.0 Å². The van der Waals surface area contributed by atoms with Crippen molar-refractivity contribution >= 4 is 35.5 Å². The molecule has 0 bridgehead atoms. The summed E-state index contributed by atoms with van der Waals surface area (Å²) in [5.74, 6) is 1.52. The minimum absolute atomic E-state index is 0.171. The van der Waals surface area contributed by atoms with Crippen molar-refractivity contribution in [1.29, 1.82) is 0 Å². The van der Waals surface area contributed by atoms with Crippen molar-refractivity contribution in [2.75, 3.05) is 11.9 Å². The first-order valence-electron chi connectivity index (χ1n) is 10.6. The first kappa shape index (κ1) is 27.3. The lowest BCUT2D eigenvalue weighted by Crippen LogP contribution is -2.23. The van der Waals surface area contributed by atoms with Crippen LogP contribution in [0.1, 0.15) is 77.7 Å². The Balaban J connectivity index is 0.00000100. The molecule has 0 saturated carbocycles. The van der Waals surface area contributed by atoms with Crippen LogP contribution in [-0.2, 0) is 6.54 Å². The number of halogens is 1. The molecule has 2 aromatic heterocycles. The summed E-state index contributed by atoms with van der Waals surface area (Å²) in [6, 6.07) is 3.27. The Hall–Kier alpha value is -1.73. The fourth-order valence-corrected chi connectivity index (χ4v) is 3.27. The Morgan fingerprint density at radius 2 is 1.72 bits per heavy atom. The van der Waals surface area contributed by atoms with Gasteiger partial charge in [-0.05, 0) is 50.0 Å². The highest BCUT2D eigenvalue weighted by molar-refractivity contribution is 7.10. The number of nitrogens with two attached hydrogens (primary N) is 1. The van der Waals surface area contributed by atoms with Gasteiger partial charge in [0.05, 0.1) is 12.2 Å². The van der Waals surface area contributed by atoms with Crippen LogP contribution in [0.15, 0.2) is 17.6 Å². The van der Waals surface area contributed by atoms with Gasteiger partial charge in [-0.15, -0.1) is 11.3 Å². The zero-order valence-corrected chi connectivity index (χ0v) is 20.1. The van der Waals surface area contributed by atoms with Crippen LogP contribution >= 0.6 is 11.3 Å². The van der Waals surface area contributed by atoms with Gasteiger partial charge in [0.25, 0.3) is 0 Å². The van der Waals surface area contributed by atoms with E-state index in [1.807, 2.05) is 34.6 Å². The van der Waals surface area contributed by atoms with Crippen LogP contribution < -0.4 is 16.5 Å². The number of nitrogens with one attached hydrogen (secondary N) is 1. The average molecular weight is 419 g/mol. The number of rotatable bonds is 5. The van der Waals surface area contributed by atoms with Crippen molar-refractivity contribution in [3.63, 3.8) is 0 Å². The third kappa shape index (κ3) is 8.27. The smallest absolute Gasteiger partial charge is 0.194 e. The maximum atomic E-state index is 13.1. The summed E-state index contributed by atoms with van der Waals surface area (Å²) < 4.78 is 13.1. The second-order valence-corrected chi connectivity index (χ2v) is 7.10. The molecule has 29 heavy (non-hydrogen) atoms. The summed E-state index contributed by atoms with van der Waals surface area (Å²) in [6.45, 7) is 17.4. The molecule has 0 atom stereocenters. The van der Waals surface area contributed by atoms with Crippen molar-refractivity contribution in [1.82, 2.24) is 9.97 Å². The lowest BCUT2D eigenvalue weighted by Gasteiger charge is -2.11. The van der Waals surface area contributed by atoms with E-state index < -0.39 is 0 Å². The van der Waals surface area contributed by atoms with E-state index in [2.05, 4.69) is 43.3 Å². The molecule has 2 aromatic rings. The fourth-order valence-electron chi connectivity index (χ4n) is 2.61. The summed E-state index contributed by atoms with van der Waals surface area (Å²) in [4.78, 5) is 9.98. The number of anilines is 1. The SMILES string of the molecule is CC.CC.CC1=C(CCN)[B]c2c(NCc3ccc(F)s3)nc(C)nc21.CCC. The van der Waals surface area contributed by atoms with Crippen LogP contribution in [0.25, 0.3) is 5.57 Å². The number of hydrogen-bond donors (Lipinski definition) is 2. The van der Waals surface area contributed by atoms with Gasteiger partial charge in [-0.25, -0.2) is 9.97 Å². The monoisotopic (exact) mass is 419 g/mol. The molecule has 0 aliphatic carbocycles. The Kier molecular flexibility index (Phi) is 14.3. The van der Waals surface area contributed by atoms with Gasteiger partial charge in [-0.3, -0.25) is 0 Å². The van der Waals surface area contributed by atoms with Gasteiger partial charge in [-0.2, -0.15) is 4.39 Å². The molecule has 3 N–H and O–H groups in total. The van der Waals surface area contributed by atoms with Gasteiger partial charge in [0.2, 0.25) is 0 Å². The number of thiophene rings is 1. The predicted molar refractivity (Wildman–Crippen MR) is 129 cm³/mol. The van der Waals surface area contributed by atoms with E-state index >= 15 is 0 Å². The minimum Gasteiger partial charge on any atom is -0.366 e. The Morgan fingerprint density at radius 3 is 2.24 bits per heavy atom. The summed E-state index contributed by atoms with van der Waals surface area (Å²) in [7, 11) is 2.11. The largest absolute Gasteiger partial charge is 0.366 e. The zero-order chi connectivity index (χ0) is 22.4. The molecule has 1 aliphatic rings. The summed E-state index contributed by atoms with van der Waals surface area (Å²) in [5, 5.41) is 3.13. The molecule has 1 aliphatic heterocycles. The quantitative estimate of drug-likeness (QED) is 0.629. The van der Waals surface area contributed by atoms with Gasteiger partial charge in [-0.1, -0.05) is 53.4 Å². The van der Waals surface area contributed by atoms with Crippen LogP contribution in [0.5, 0.6) is 0 Å². The number of nitrogens with zero attached hydrogens (tertiary/aromatic N) is 2. The van der Waals surface area contributed by atoms with Crippen LogP contribution in [0.3, 0.4) is 0 Å². The van der Waals surface area contributed by atoms with Crippen LogP contribution in [0, 0.1) is 12.1 Å². The molecule has 1 radical (unpaired) electrons. The molecule has 161 valence electrons. The Labute approximate surface area is 181 Å². The average Bonchev–Trinajstić information content (AvgIpc) is 3.28. The molecule has 0 spiro atoms. The normalized spacial score (nSPS) is 11.1. The van der Waals surface area contributed by atoms with E-state index in [1.165, 1.54) is 18.0 Å². The van der Waals surface area contributed by atoms with Gasteiger partial charge < -0.3 is 11.1 Å². The predicted octanol–water partition coefficient (Wildman–Crippen LogP) is 5.49. The molecule has 0 saturated heterocycles. The molecule has 0 aromatic carbocycles. The van der Waals surface area contributed by atoms with E-state index in [-0.39, 0.29) is 5.13 Å². The first-order chi connectivity index (χ1) is 14.0. The Bertz CT molecular complexity index is 759. The molecular weight excluding hydrogens is 382 g/mol. The highest BCUT2D eigenvalue weighted by atomic mass is 32.1. The van der Waals surface area contributed by atoms with E-state index in [9.17, 15) is 4.39 Å². The highest BCUT2D eigenvalue weighted by Gasteiger charge is 2.24. The molecule has 0 unspecified atom stereocenters. The number of hydrogen-bond acceptors (Lipinski definition) is 5. The van der Waals surface area contributed by atoms with Crippen LogP contribution in [-0.4, -0.2) is 23.8 Å². The molecule has 0 fully saturated rings. The van der Waals surface area contributed by atoms with E-state index in [0.29, 0.717) is 13.1 Å². The molecule has 3 heterocycles. The van der Waals surface area contributed by atoms with Crippen LogP contribution in [0.2, 0.25) is 0 Å². The molecule has 3 rings (SSSR count). The fraction of sp³-hybridized carbons (Fsp3) is 0.545. The third-order valence-electron chi connectivity index (χ3n) is 3.69. The summed E-state index contributed by atoms with van der Waals surface area (Å²) in [5.41, 5.74) is 10.0. The summed E-state index contributed by atoms with van der Waals surface area (Å²) >= 11 is 1.14. The zero-order valence-electron chi connectivity index (χ0n) is 19.3. The van der Waals surface area contributed by atoms with Gasteiger partial charge >= 0.3 is 0 Å². The second-order valence-electron chi connectivity index (χ2n) is 5.98. The topological polar surface area (TPSA) is 63.8 Å². The minimum atomic E-state index is -0.171. The number of allylic oxidation sites excluding steroid dienone is 1. The van der Waals surface area contributed by atoms with Crippen molar-refractivity contribution in [2.45, 2.75) is 74.8 Å². The number of aromatic nitrogens is 2. The van der Waals surface area contributed by atoms with Crippen molar-refractivity contribution in [2.24, 2.45) is 5.73 Å². The lowest BCUT2D eigenvalue weighted by atomic mass is 9.65. The van der Waals surface area contributed by atoms with Gasteiger partial charge in [0, 0.05) is 4.88 Å². The maximum absolute atomic E-state index is 13.1. The standard InChI is InChI=1S/C15H17BFN4S.C3H8.2C2H6/c1-8-11(5-6-18)16-13-14(8)20-9(2)21-15(13)19-7-10-3-4-12(17)22-10;1-3-2;2*1-2/h3-4H,5-7,18H2,1-2H3,(H,19,20,21);3H2,1-2H3;2*1-2H3. The highest BCUT2D eigenvalue weighted by Crippen LogP contribution is 2.25. The summed E-state index contributed by atoms with van der Waals surface area (Å²) in [6.07, 6.45) is 2.08. The second kappa shape index (κ2) is 15.2. The van der Waals surface area contributed by atoms with Crippen molar-refractivity contribution < 1.29 is 4.39 Å². The van der Waals surface area contributed by atoms with Crippen molar-refractivity contribution in [3.05, 3.63) is 39.1 Å². The molecule has 7 heteroatoms. The maximum Gasteiger partial charge on any atom is 0.194 e. The Morgan fingerprint density at radius 1 is 1.10 bits per heavy atom. The van der Waals surface area contributed by atoms with Gasteiger partial charge in [0.1, 0.15) is 11.6 Å². The number of fused-ring (bicyclic) bond motifs is 1. The number of aryl methyl sites for hydroxylation is 1. The molecular formula is C22H37BFN4S. The third-order valence-corrected chi connectivity index (χ3v) is 4.56. The van der Waals surface area contributed by atoms with Crippen LogP contribution in [0.4, 0.5) is 10.2 Å². The van der Waals surface area contributed by atoms with Gasteiger partial charge in [0.15, 0.2) is 12.4 Å². The molecule has 0 amide bonds.